The van der Waals surface area contributed by atoms with Gasteiger partial charge in [-0.1, -0.05) is 12.0 Å². The van der Waals surface area contributed by atoms with Crippen LogP contribution in [0.1, 0.15) is 29.8 Å². The number of hydrogen-bond acceptors (Lipinski definition) is 2. The van der Waals surface area contributed by atoms with E-state index in [0.29, 0.717) is 22.4 Å². The maximum Gasteiger partial charge on any atom is 0.335 e. The highest BCUT2D eigenvalue weighted by atomic mass is 19.1. The van der Waals surface area contributed by atoms with Gasteiger partial charge in [-0.25, -0.2) is 9.18 Å². The van der Waals surface area contributed by atoms with Crippen LogP contribution in [-0.2, 0) is 5.41 Å². The van der Waals surface area contributed by atoms with Gasteiger partial charge in [-0.3, -0.25) is 0 Å². The van der Waals surface area contributed by atoms with Crippen molar-refractivity contribution in [1.29, 1.82) is 0 Å². The summed E-state index contributed by atoms with van der Waals surface area (Å²) in [4.78, 5) is 11.2. The van der Waals surface area contributed by atoms with Gasteiger partial charge in [0.05, 0.1) is 18.1 Å². The number of methoxy groups -OCH3 is 1. The Morgan fingerprint density at radius 3 is 2.48 bits per heavy atom. The Hall–Kier alpha value is -2.80. The van der Waals surface area contributed by atoms with Crippen LogP contribution in [0.4, 0.5) is 4.39 Å². The number of carbonyl (C=O) groups is 1. The van der Waals surface area contributed by atoms with Crippen LogP contribution in [0.5, 0.6) is 5.75 Å². The summed E-state index contributed by atoms with van der Waals surface area (Å²) in [6.07, 6.45) is 5.59. The van der Waals surface area contributed by atoms with Crippen molar-refractivity contribution in [3.05, 3.63) is 53.3 Å². The predicted octanol–water partition coefficient (Wildman–Crippen LogP) is 4.11. The smallest absolute Gasteiger partial charge is 0.335 e. The van der Waals surface area contributed by atoms with Crippen molar-refractivity contribution < 1.29 is 19.0 Å². The van der Waals surface area contributed by atoms with E-state index in [1.54, 1.807) is 26.0 Å². The van der Waals surface area contributed by atoms with E-state index in [1.165, 1.54) is 31.4 Å². The Morgan fingerprint density at radius 2 is 1.91 bits per heavy atom. The Bertz CT molecular complexity index is 801. The largest absolute Gasteiger partial charge is 0.497 e. The molecule has 2 rings (SSSR count). The zero-order chi connectivity index (χ0) is 17.2. The molecule has 0 radical (unpaired) electrons. The molecule has 2 aromatic carbocycles. The number of benzene rings is 2. The standard InChI is InChI=1S/C19H17FO3/c1-5-19(2,3)16-10-12(18(21)22)6-8-14(16)15-11-13(23-4)7-9-17(15)20/h1,6-11H,2-4H3,(H,21,22). The van der Waals surface area contributed by atoms with Gasteiger partial charge in [0.25, 0.3) is 0 Å². The van der Waals surface area contributed by atoms with Crippen molar-refractivity contribution in [3.8, 4) is 29.2 Å². The maximum atomic E-state index is 14.3. The van der Waals surface area contributed by atoms with Crippen molar-refractivity contribution in [2.45, 2.75) is 19.3 Å². The minimum absolute atomic E-state index is 0.107. The lowest BCUT2D eigenvalue weighted by Gasteiger charge is -2.23. The zero-order valence-corrected chi connectivity index (χ0v) is 13.2. The molecule has 0 spiro atoms. The predicted molar refractivity (Wildman–Crippen MR) is 87.2 cm³/mol. The van der Waals surface area contributed by atoms with Crippen LogP contribution in [0, 0.1) is 18.2 Å². The highest BCUT2D eigenvalue weighted by Gasteiger charge is 2.24. The fourth-order valence-electron chi connectivity index (χ4n) is 2.34. The van der Waals surface area contributed by atoms with Crippen molar-refractivity contribution >= 4 is 5.97 Å². The quantitative estimate of drug-likeness (QED) is 0.864. The summed E-state index contributed by atoms with van der Waals surface area (Å²) in [6, 6.07) is 8.92. The van der Waals surface area contributed by atoms with Gasteiger partial charge >= 0.3 is 5.97 Å². The number of carboxylic acid groups (broad SMARTS) is 1. The monoisotopic (exact) mass is 312 g/mol. The summed E-state index contributed by atoms with van der Waals surface area (Å²) in [6.45, 7) is 3.57. The van der Waals surface area contributed by atoms with E-state index in [9.17, 15) is 14.3 Å². The third kappa shape index (κ3) is 3.19. The van der Waals surface area contributed by atoms with Gasteiger partial charge in [-0.15, -0.1) is 6.42 Å². The molecular formula is C19H17FO3. The summed E-state index contributed by atoms with van der Waals surface area (Å²) in [5, 5.41) is 9.20. The topological polar surface area (TPSA) is 46.5 Å². The third-order valence-corrected chi connectivity index (χ3v) is 3.76. The molecule has 1 N–H and O–H groups in total. The first kappa shape index (κ1) is 16.6. The van der Waals surface area contributed by atoms with Crippen LogP contribution in [0.25, 0.3) is 11.1 Å². The van der Waals surface area contributed by atoms with E-state index in [4.69, 9.17) is 11.2 Å². The van der Waals surface area contributed by atoms with Gasteiger partial charge in [0.1, 0.15) is 11.6 Å². The first-order valence-electron chi connectivity index (χ1n) is 6.99. The minimum atomic E-state index is -1.06. The van der Waals surface area contributed by atoms with Crippen LogP contribution >= 0.6 is 0 Å². The van der Waals surface area contributed by atoms with Gasteiger partial charge < -0.3 is 9.84 Å². The Morgan fingerprint density at radius 1 is 1.22 bits per heavy atom. The van der Waals surface area contributed by atoms with E-state index in [0.717, 1.165) is 0 Å². The molecule has 0 unspecified atom stereocenters. The summed E-state index contributed by atoms with van der Waals surface area (Å²) in [5.74, 6) is 1.66. The molecule has 3 nitrogen and oxygen atoms in total. The average molecular weight is 312 g/mol. The van der Waals surface area contributed by atoms with Crippen LogP contribution in [0.15, 0.2) is 36.4 Å². The number of hydrogen-bond donors (Lipinski definition) is 1. The molecule has 0 saturated carbocycles. The molecule has 0 amide bonds. The average Bonchev–Trinajstić information content (AvgIpc) is 2.54. The molecule has 0 aliphatic rings. The maximum absolute atomic E-state index is 14.3. The fraction of sp³-hybridized carbons (Fsp3) is 0.211. The lowest BCUT2D eigenvalue weighted by atomic mass is 9.80. The first-order valence-corrected chi connectivity index (χ1v) is 6.99. The van der Waals surface area contributed by atoms with Crippen molar-refractivity contribution in [2.75, 3.05) is 7.11 Å². The number of rotatable bonds is 4. The lowest BCUT2D eigenvalue weighted by Crippen LogP contribution is -2.16. The van der Waals surface area contributed by atoms with Crippen molar-refractivity contribution in [1.82, 2.24) is 0 Å². The van der Waals surface area contributed by atoms with Crippen LogP contribution in [0.3, 0.4) is 0 Å². The molecule has 2 aromatic rings. The fourth-order valence-corrected chi connectivity index (χ4v) is 2.34. The number of aromatic carboxylic acids is 1. The second-order valence-electron chi connectivity index (χ2n) is 5.68. The summed E-state index contributed by atoms with van der Waals surface area (Å²) in [7, 11) is 1.50. The second-order valence-corrected chi connectivity index (χ2v) is 5.68. The molecule has 0 fully saturated rings. The molecule has 0 aliphatic carbocycles. The second kappa shape index (κ2) is 6.13. The molecule has 23 heavy (non-hydrogen) atoms. The minimum Gasteiger partial charge on any atom is -0.497 e. The van der Waals surface area contributed by atoms with E-state index in [-0.39, 0.29) is 5.56 Å². The molecular weight excluding hydrogens is 295 g/mol. The Balaban J connectivity index is 2.77. The van der Waals surface area contributed by atoms with Gasteiger partial charge in [0, 0.05) is 5.56 Å². The molecule has 0 aliphatic heterocycles. The molecule has 0 saturated heterocycles. The Labute approximate surface area is 134 Å². The normalized spacial score (nSPS) is 10.9. The summed E-state index contributed by atoms with van der Waals surface area (Å²) < 4.78 is 19.4. The van der Waals surface area contributed by atoms with Gasteiger partial charge in [-0.05, 0) is 55.3 Å². The number of ether oxygens (including phenoxy) is 1. The highest BCUT2D eigenvalue weighted by molar-refractivity contribution is 5.89. The summed E-state index contributed by atoms with van der Waals surface area (Å²) >= 11 is 0. The lowest BCUT2D eigenvalue weighted by molar-refractivity contribution is 0.0696. The number of terminal acetylenes is 1. The Kier molecular flexibility index (Phi) is 4.42. The zero-order valence-electron chi connectivity index (χ0n) is 13.2. The molecule has 0 heterocycles. The first-order chi connectivity index (χ1) is 10.8. The van der Waals surface area contributed by atoms with E-state index in [1.807, 2.05) is 0 Å². The third-order valence-electron chi connectivity index (χ3n) is 3.76. The number of halogens is 1. The van der Waals surface area contributed by atoms with E-state index >= 15 is 0 Å². The molecule has 0 bridgehead atoms. The molecule has 0 aromatic heterocycles. The molecule has 0 atom stereocenters. The number of carboxylic acids is 1. The van der Waals surface area contributed by atoms with Crippen LogP contribution in [-0.4, -0.2) is 18.2 Å². The van der Waals surface area contributed by atoms with Crippen LogP contribution < -0.4 is 4.74 Å². The summed E-state index contributed by atoms with van der Waals surface area (Å²) in [5.41, 5.74) is 0.799. The van der Waals surface area contributed by atoms with Gasteiger partial charge in [-0.2, -0.15) is 0 Å². The van der Waals surface area contributed by atoms with E-state index < -0.39 is 17.2 Å². The van der Waals surface area contributed by atoms with Crippen molar-refractivity contribution in [3.63, 3.8) is 0 Å². The van der Waals surface area contributed by atoms with Gasteiger partial charge in [0.2, 0.25) is 0 Å². The highest BCUT2D eigenvalue weighted by Crippen LogP contribution is 2.36. The van der Waals surface area contributed by atoms with Crippen molar-refractivity contribution in [2.24, 2.45) is 0 Å². The van der Waals surface area contributed by atoms with Crippen LogP contribution in [0.2, 0.25) is 0 Å². The van der Waals surface area contributed by atoms with E-state index in [2.05, 4.69) is 5.92 Å². The molecule has 4 heteroatoms. The van der Waals surface area contributed by atoms with Gasteiger partial charge in [0.15, 0.2) is 0 Å². The SMILES string of the molecule is C#CC(C)(C)c1cc(C(=O)O)ccc1-c1cc(OC)ccc1F. The molecule has 118 valence electrons.